The van der Waals surface area contributed by atoms with Crippen LogP contribution in [0.1, 0.15) is 44.5 Å². The van der Waals surface area contributed by atoms with Crippen molar-refractivity contribution in [1.29, 1.82) is 0 Å². The number of carbonyl (C=O) groups excluding carboxylic acids is 2. The zero-order valence-corrected chi connectivity index (χ0v) is 15.9. The number of aryl methyl sites for hydroxylation is 2. The van der Waals surface area contributed by atoms with Gasteiger partial charge in [0, 0.05) is 23.6 Å². The van der Waals surface area contributed by atoms with Crippen LogP contribution in [0.25, 0.3) is 11.0 Å². The van der Waals surface area contributed by atoms with Gasteiger partial charge in [0.1, 0.15) is 5.58 Å². The van der Waals surface area contributed by atoms with Crippen LogP contribution in [0.5, 0.6) is 0 Å². The Kier molecular flexibility index (Phi) is 5.42. The van der Waals surface area contributed by atoms with E-state index in [0.717, 1.165) is 16.5 Å². The average Bonchev–Trinajstić information content (AvgIpc) is 3.02. The maximum Gasteiger partial charge on any atom is 0.375 e. The SMILES string of the molecule is COCc1c(C(=O)O[C@H](C)C(=O)c2ccc(C)c(C)c2)oc2ccccc12. The second-order valence-corrected chi connectivity index (χ2v) is 6.55. The van der Waals surface area contributed by atoms with E-state index < -0.39 is 12.1 Å². The summed E-state index contributed by atoms with van der Waals surface area (Å²) in [5.74, 6) is -0.864. The van der Waals surface area contributed by atoms with Crippen molar-refractivity contribution in [3.8, 4) is 0 Å². The van der Waals surface area contributed by atoms with Crippen molar-refractivity contribution in [2.24, 2.45) is 0 Å². The smallest absolute Gasteiger partial charge is 0.375 e. The summed E-state index contributed by atoms with van der Waals surface area (Å²) in [6, 6.07) is 12.7. The summed E-state index contributed by atoms with van der Waals surface area (Å²) < 4.78 is 16.3. The van der Waals surface area contributed by atoms with Crippen LogP contribution in [0, 0.1) is 13.8 Å². The molecule has 0 N–H and O–H groups in total. The summed E-state index contributed by atoms with van der Waals surface area (Å²) in [6.07, 6.45) is -0.928. The maximum absolute atomic E-state index is 12.7. The molecule has 0 saturated carbocycles. The van der Waals surface area contributed by atoms with E-state index in [1.165, 1.54) is 0 Å². The summed E-state index contributed by atoms with van der Waals surface area (Å²) in [5.41, 5.74) is 3.82. The van der Waals surface area contributed by atoms with Crippen LogP contribution in [0.15, 0.2) is 46.9 Å². The van der Waals surface area contributed by atoms with Gasteiger partial charge in [-0.15, -0.1) is 0 Å². The zero-order chi connectivity index (χ0) is 19.6. The molecule has 3 rings (SSSR count). The van der Waals surface area contributed by atoms with Crippen molar-refractivity contribution >= 4 is 22.7 Å². The third-order valence-corrected chi connectivity index (χ3v) is 4.62. The van der Waals surface area contributed by atoms with Crippen molar-refractivity contribution in [2.45, 2.75) is 33.5 Å². The Morgan fingerprint density at radius 2 is 1.81 bits per heavy atom. The minimum atomic E-state index is -0.928. The number of para-hydroxylation sites is 1. The predicted molar refractivity (Wildman–Crippen MR) is 102 cm³/mol. The van der Waals surface area contributed by atoms with E-state index in [1.807, 2.05) is 38.1 Å². The normalized spacial score (nSPS) is 12.1. The van der Waals surface area contributed by atoms with Crippen LogP contribution in [0.4, 0.5) is 0 Å². The molecule has 5 heteroatoms. The predicted octanol–water partition coefficient (Wildman–Crippen LogP) is 4.62. The fourth-order valence-electron chi connectivity index (χ4n) is 2.95. The van der Waals surface area contributed by atoms with Crippen LogP contribution in [0.3, 0.4) is 0 Å². The lowest BCUT2D eigenvalue weighted by Crippen LogP contribution is -2.24. The Bertz CT molecular complexity index is 999. The highest BCUT2D eigenvalue weighted by molar-refractivity contribution is 6.02. The van der Waals surface area contributed by atoms with E-state index in [0.29, 0.717) is 16.7 Å². The number of ketones is 1. The van der Waals surface area contributed by atoms with Gasteiger partial charge in [-0.3, -0.25) is 4.79 Å². The van der Waals surface area contributed by atoms with Gasteiger partial charge in [0.15, 0.2) is 6.10 Å². The molecular weight excluding hydrogens is 344 g/mol. The Labute approximate surface area is 157 Å². The number of esters is 1. The molecule has 0 aliphatic rings. The lowest BCUT2D eigenvalue weighted by atomic mass is 10.0. The number of furan rings is 1. The van der Waals surface area contributed by atoms with Gasteiger partial charge in [-0.1, -0.05) is 30.3 Å². The summed E-state index contributed by atoms with van der Waals surface area (Å²) in [6.45, 7) is 5.69. The number of carbonyl (C=O) groups is 2. The minimum Gasteiger partial charge on any atom is -0.449 e. The highest BCUT2D eigenvalue weighted by atomic mass is 16.6. The fraction of sp³-hybridized carbons (Fsp3) is 0.273. The van der Waals surface area contributed by atoms with Gasteiger partial charge in [0.05, 0.1) is 6.61 Å². The van der Waals surface area contributed by atoms with Gasteiger partial charge in [-0.25, -0.2) is 4.79 Å². The van der Waals surface area contributed by atoms with Crippen LogP contribution < -0.4 is 0 Å². The van der Waals surface area contributed by atoms with Crippen LogP contribution >= 0.6 is 0 Å². The highest BCUT2D eigenvalue weighted by Crippen LogP contribution is 2.27. The Morgan fingerprint density at radius 3 is 2.52 bits per heavy atom. The Morgan fingerprint density at radius 1 is 1.07 bits per heavy atom. The van der Waals surface area contributed by atoms with Crippen LogP contribution in [-0.4, -0.2) is 25.0 Å². The molecular formula is C22H22O5. The number of benzene rings is 2. The van der Waals surface area contributed by atoms with Gasteiger partial charge < -0.3 is 13.9 Å². The molecule has 0 aliphatic carbocycles. The number of fused-ring (bicyclic) bond motifs is 1. The van der Waals surface area contributed by atoms with Gasteiger partial charge in [-0.2, -0.15) is 0 Å². The largest absolute Gasteiger partial charge is 0.449 e. The van der Waals surface area contributed by atoms with Gasteiger partial charge in [-0.05, 0) is 44.0 Å². The monoisotopic (exact) mass is 366 g/mol. The maximum atomic E-state index is 12.7. The first-order valence-corrected chi connectivity index (χ1v) is 8.74. The molecule has 0 bridgehead atoms. The molecule has 1 atom stereocenters. The second kappa shape index (κ2) is 7.76. The van der Waals surface area contributed by atoms with E-state index in [-0.39, 0.29) is 18.2 Å². The molecule has 1 heterocycles. The van der Waals surface area contributed by atoms with E-state index in [4.69, 9.17) is 13.9 Å². The first-order valence-electron chi connectivity index (χ1n) is 8.74. The molecule has 0 aliphatic heterocycles. The van der Waals surface area contributed by atoms with Crippen molar-refractivity contribution in [3.63, 3.8) is 0 Å². The van der Waals surface area contributed by atoms with Crippen molar-refractivity contribution in [1.82, 2.24) is 0 Å². The molecule has 0 unspecified atom stereocenters. The van der Waals surface area contributed by atoms with E-state index in [2.05, 4.69) is 0 Å². The van der Waals surface area contributed by atoms with Crippen LogP contribution in [0.2, 0.25) is 0 Å². The molecule has 0 amide bonds. The summed E-state index contributed by atoms with van der Waals surface area (Å²) >= 11 is 0. The quantitative estimate of drug-likeness (QED) is 0.470. The summed E-state index contributed by atoms with van der Waals surface area (Å²) in [4.78, 5) is 25.3. The molecule has 0 fully saturated rings. The van der Waals surface area contributed by atoms with Crippen LogP contribution in [-0.2, 0) is 16.1 Å². The van der Waals surface area contributed by atoms with E-state index in [1.54, 1.807) is 32.2 Å². The van der Waals surface area contributed by atoms with Crippen molar-refractivity contribution < 1.29 is 23.5 Å². The third kappa shape index (κ3) is 3.78. The number of Topliss-reactive ketones (excluding diaryl/α,β-unsaturated/α-hetero) is 1. The van der Waals surface area contributed by atoms with Gasteiger partial charge >= 0.3 is 5.97 Å². The standard InChI is InChI=1S/C22H22O5/c1-13-9-10-16(11-14(13)2)20(23)15(3)26-22(24)21-18(12-25-4)17-7-5-6-8-19(17)27-21/h5-11,15H,12H2,1-4H3/t15-/m1/s1. The molecule has 5 nitrogen and oxygen atoms in total. The van der Waals surface area contributed by atoms with Gasteiger partial charge in [0.25, 0.3) is 0 Å². The van der Waals surface area contributed by atoms with Crippen molar-refractivity contribution in [2.75, 3.05) is 7.11 Å². The average molecular weight is 366 g/mol. The molecule has 3 aromatic rings. The first kappa shape index (κ1) is 18.9. The number of methoxy groups -OCH3 is 1. The molecule has 0 saturated heterocycles. The molecule has 0 spiro atoms. The lowest BCUT2D eigenvalue weighted by molar-refractivity contribution is 0.0286. The summed E-state index contributed by atoms with van der Waals surface area (Å²) in [5, 5.41) is 0.791. The van der Waals surface area contributed by atoms with E-state index in [9.17, 15) is 9.59 Å². The Balaban J connectivity index is 1.84. The summed E-state index contributed by atoms with van der Waals surface area (Å²) in [7, 11) is 1.54. The highest BCUT2D eigenvalue weighted by Gasteiger charge is 2.26. The topological polar surface area (TPSA) is 65.7 Å². The van der Waals surface area contributed by atoms with Crippen molar-refractivity contribution in [3.05, 3.63) is 70.5 Å². The Hall–Kier alpha value is -2.92. The number of ether oxygens (including phenoxy) is 2. The van der Waals surface area contributed by atoms with E-state index >= 15 is 0 Å². The number of hydrogen-bond acceptors (Lipinski definition) is 5. The van der Waals surface area contributed by atoms with Gasteiger partial charge in [0.2, 0.25) is 11.5 Å². The molecule has 27 heavy (non-hydrogen) atoms. The fourth-order valence-corrected chi connectivity index (χ4v) is 2.95. The third-order valence-electron chi connectivity index (χ3n) is 4.62. The second-order valence-electron chi connectivity index (χ2n) is 6.55. The number of rotatable bonds is 6. The molecule has 1 aromatic heterocycles. The first-order chi connectivity index (χ1) is 12.9. The minimum absolute atomic E-state index is 0.0674. The lowest BCUT2D eigenvalue weighted by Gasteiger charge is -2.13. The zero-order valence-electron chi connectivity index (χ0n) is 15.9. The molecule has 140 valence electrons. The molecule has 2 aromatic carbocycles. The molecule has 0 radical (unpaired) electrons. The number of hydrogen-bond donors (Lipinski definition) is 0.